The smallest absolute Gasteiger partial charge is 0.319 e. The second-order valence-electron chi connectivity index (χ2n) is 7.22. The van der Waals surface area contributed by atoms with Crippen molar-refractivity contribution in [3.8, 4) is 11.5 Å². The van der Waals surface area contributed by atoms with Gasteiger partial charge in [0.1, 0.15) is 5.75 Å². The van der Waals surface area contributed by atoms with Crippen LogP contribution in [0, 0.1) is 5.92 Å². The van der Waals surface area contributed by atoms with Gasteiger partial charge in [0.05, 0.1) is 5.69 Å². The predicted octanol–water partition coefficient (Wildman–Crippen LogP) is 3.84. The highest BCUT2D eigenvalue weighted by Gasteiger charge is 2.30. The Hall–Kier alpha value is -3.02. The summed E-state index contributed by atoms with van der Waals surface area (Å²) in [6.45, 7) is 1.20. The monoisotopic (exact) mass is 381 g/mol. The fourth-order valence-electron chi connectivity index (χ4n) is 3.43. The fraction of sp³-hybridized carbons (Fsp3) is 0.364. The molecule has 0 N–H and O–H groups in total. The van der Waals surface area contributed by atoms with Crippen molar-refractivity contribution in [3.63, 3.8) is 0 Å². The van der Waals surface area contributed by atoms with Crippen LogP contribution >= 0.6 is 0 Å². The minimum atomic E-state index is -0.0963. The molecule has 0 unspecified atom stereocenters. The number of likely N-dealkylation sites (tertiary alicyclic amines) is 1. The van der Waals surface area contributed by atoms with E-state index in [1.807, 2.05) is 54.6 Å². The maximum atomic E-state index is 13.1. The van der Waals surface area contributed by atoms with Gasteiger partial charge in [-0.15, -0.1) is 0 Å². The summed E-state index contributed by atoms with van der Waals surface area (Å²) in [4.78, 5) is 30.2. The molecule has 0 aliphatic carbocycles. The summed E-state index contributed by atoms with van der Waals surface area (Å²) in [7, 11) is 5.28. The summed E-state index contributed by atoms with van der Waals surface area (Å²) in [5.41, 5.74) is 0.739. The fourth-order valence-corrected chi connectivity index (χ4v) is 3.43. The molecule has 0 spiro atoms. The topological polar surface area (TPSA) is 53.1 Å². The molecule has 2 aromatic rings. The van der Waals surface area contributed by atoms with Crippen molar-refractivity contribution in [1.29, 1.82) is 0 Å². The third-order valence-corrected chi connectivity index (χ3v) is 5.03. The van der Waals surface area contributed by atoms with Gasteiger partial charge in [-0.05, 0) is 37.1 Å². The SMILES string of the molecule is CN(C)C(=O)N1CCC(C(=O)N(C)c2ccccc2Oc2ccccc2)CC1. The molecular formula is C22H27N3O3. The summed E-state index contributed by atoms with van der Waals surface area (Å²) in [5.74, 6) is 1.33. The number of carbonyl (C=O) groups is 2. The van der Waals surface area contributed by atoms with Crippen molar-refractivity contribution in [3.05, 3.63) is 54.6 Å². The molecule has 1 fully saturated rings. The van der Waals surface area contributed by atoms with Crippen molar-refractivity contribution in [2.75, 3.05) is 39.1 Å². The molecule has 0 atom stereocenters. The lowest BCUT2D eigenvalue weighted by atomic mass is 9.95. The number of hydrogen-bond donors (Lipinski definition) is 0. The third kappa shape index (κ3) is 4.44. The third-order valence-electron chi connectivity index (χ3n) is 5.03. The van der Waals surface area contributed by atoms with Gasteiger partial charge in [0, 0.05) is 40.2 Å². The van der Waals surface area contributed by atoms with Crippen molar-refractivity contribution in [2.24, 2.45) is 5.92 Å². The van der Waals surface area contributed by atoms with Crippen molar-refractivity contribution < 1.29 is 14.3 Å². The van der Waals surface area contributed by atoms with E-state index in [1.54, 1.807) is 35.8 Å². The van der Waals surface area contributed by atoms with Crippen LogP contribution in [-0.2, 0) is 4.79 Å². The average Bonchev–Trinajstić information content (AvgIpc) is 2.73. The highest BCUT2D eigenvalue weighted by atomic mass is 16.5. The Bertz CT molecular complexity index is 815. The number of benzene rings is 2. The number of para-hydroxylation sites is 3. The minimum Gasteiger partial charge on any atom is -0.455 e. The van der Waals surface area contributed by atoms with Crippen LogP contribution in [-0.4, -0.2) is 56.0 Å². The van der Waals surface area contributed by atoms with Gasteiger partial charge in [0.15, 0.2) is 5.75 Å². The number of rotatable bonds is 4. The standard InChI is InChI=1S/C22H27N3O3/c1-23(2)22(27)25-15-13-17(14-16-25)21(26)24(3)19-11-7-8-12-20(19)28-18-9-5-4-6-10-18/h4-12,17H,13-16H2,1-3H3. The van der Waals surface area contributed by atoms with E-state index in [9.17, 15) is 9.59 Å². The summed E-state index contributed by atoms with van der Waals surface area (Å²) >= 11 is 0. The minimum absolute atomic E-state index is 0.000797. The Morgan fingerprint density at radius 3 is 2.18 bits per heavy atom. The van der Waals surface area contributed by atoms with E-state index in [-0.39, 0.29) is 17.9 Å². The van der Waals surface area contributed by atoms with Crippen LogP contribution in [0.5, 0.6) is 11.5 Å². The number of ether oxygens (including phenoxy) is 1. The zero-order valence-corrected chi connectivity index (χ0v) is 16.7. The Morgan fingerprint density at radius 2 is 1.54 bits per heavy atom. The number of carbonyl (C=O) groups excluding carboxylic acids is 2. The normalized spacial score (nSPS) is 14.5. The zero-order chi connectivity index (χ0) is 20.1. The zero-order valence-electron chi connectivity index (χ0n) is 16.7. The Kier molecular flexibility index (Phi) is 6.19. The van der Waals surface area contributed by atoms with Gasteiger partial charge in [-0.25, -0.2) is 4.79 Å². The van der Waals surface area contributed by atoms with Gasteiger partial charge in [0.25, 0.3) is 0 Å². The molecule has 0 saturated carbocycles. The molecule has 1 aliphatic heterocycles. The second kappa shape index (κ2) is 8.78. The summed E-state index contributed by atoms with van der Waals surface area (Å²) in [6.07, 6.45) is 1.34. The van der Waals surface area contributed by atoms with Crippen molar-refractivity contribution >= 4 is 17.6 Å². The molecule has 1 aliphatic rings. The number of amides is 3. The van der Waals surface area contributed by atoms with Crippen LogP contribution in [0.4, 0.5) is 10.5 Å². The van der Waals surface area contributed by atoms with Crippen LogP contribution in [0.3, 0.4) is 0 Å². The number of urea groups is 1. The van der Waals surface area contributed by atoms with E-state index in [0.29, 0.717) is 31.7 Å². The lowest BCUT2D eigenvalue weighted by Gasteiger charge is -2.34. The first-order valence-electron chi connectivity index (χ1n) is 9.53. The van der Waals surface area contributed by atoms with Crippen molar-refractivity contribution in [1.82, 2.24) is 9.80 Å². The molecule has 3 rings (SSSR count). The molecule has 6 heteroatoms. The van der Waals surface area contributed by atoms with Crippen LogP contribution in [0.2, 0.25) is 0 Å². The van der Waals surface area contributed by atoms with Crippen LogP contribution < -0.4 is 9.64 Å². The highest BCUT2D eigenvalue weighted by Crippen LogP contribution is 2.33. The molecule has 6 nitrogen and oxygen atoms in total. The Labute approximate surface area is 166 Å². The van der Waals surface area contributed by atoms with E-state index >= 15 is 0 Å². The molecule has 0 aromatic heterocycles. The molecule has 1 saturated heterocycles. The summed E-state index contributed by atoms with van der Waals surface area (Å²) in [6, 6.07) is 17.1. The molecule has 148 valence electrons. The molecule has 3 amide bonds. The van der Waals surface area contributed by atoms with E-state index in [2.05, 4.69) is 0 Å². The number of piperidine rings is 1. The van der Waals surface area contributed by atoms with Gasteiger partial charge >= 0.3 is 6.03 Å². The molecule has 0 radical (unpaired) electrons. The van der Waals surface area contributed by atoms with Gasteiger partial charge in [0.2, 0.25) is 5.91 Å². The molecular weight excluding hydrogens is 354 g/mol. The lowest BCUT2D eigenvalue weighted by Crippen LogP contribution is -2.46. The number of hydrogen-bond acceptors (Lipinski definition) is 3. The Balaban J connectivity index is 1.68. The van der Waals surface area contributed by atoms with Gasteiger partial charge < -0.3 is 19.4 Å². The first-order chi connectivity index (χ1) is 13.5. The lowest BCUT2D eigenvalue weighted by molar-refractivity contribution is -0.123. The highest BCUT2D eigenvalue weighted by molar-refractivity contribution is 5.96. The van der Waals surface area contributed by atoms with E-state index in [0.717, 1.165) is 11.4 Å². The largest absolute Gasteiger partial charge is 0.455 e. The average molecular weight is 381 g/mol. The molecule has 28 heavy (non-hydrogen) atoms. The van der Waals surface area contributed by atoms with Gasteiger partial charge in [-0.3, -0.25) is 4.79 Å². The second-order valence-corrected chi connectivity index (χ2v) is 7.22. The van der Waals surface area contributed by atoms with E-state index in [4.69, 9.17) is 4.74 Å². The Morgan fingerprint density at radius 1 is 0.929 bits per heavy atom. The van der Waals surface area contributed by atoms with Crippen LogP contribution in [0.15, 0.2) is 54.6 Å². The summed E-state index contributed by atoms with van der Waals surface area (Å²) in [5, 5.41) is 0. The first-order valence-corrected chi connectivity index (χ1v) is 9.53. The predicted molar refractivity (Wildman–Crippen MR) is 110 cm³/mol. The molecule has 1 heterocycles. The quantitative estimate of drug-likeness (QED) is 0.809. The first kappa shape index (κ1) is 19.7. The molecule has 2 aromatic carbocycles. The van der Waals surface area contributed by atoms with Gasteiger partial charge in [-0.2, -0.15) is 0 Å². The van der Waals surface area contributed by atoms with E-state index in [1.165, 1.54) is 0 Å². The maximum absolute atomic E-state index is 13.1. The summed E-state index contributed by atoms with van der Waals surface area (Å²) < 4.78 is 5.99. The van der Waals surface area contributed by atoms with Crippen LogP contribution in [0.1, 0.15) is 12.8 Å². The molecule has 0 bridgehead atoms. The van der Waals surface area contributed by atoms with Crippen molar-refractivity contribution in [2.45, 2.75) is 12.8 Å². The van der Waals surface area contributed by atoms with Crippen LogP contribution in [0.25, 0.3) is 0 Å². The number of anilines is 1. The maximum Gasteiger partial charge on any atom is 0.319 e. The van der Waals surface area contributed by atoms with E-state index < -0.39 is 0 Å². The number of nitrogens with zero attached hydrogens (tertiary/aromatic N) is 3. The van der Waals surface area contributed by atoms with Gasteiger partial charge in [-0.1, -0.05) is 30.3 Å².